The predicted octanol–water partition coefficient (Wildman–Crippen LogP) is 3.66. The first kappa shape index (κ1) is 21.2. The maximum absolute atomic E-state index is 6.07. The van der Waals surface area contributed by atoms with Crippen LogP contribution in [-0.2, 0) is 11.3 Å². The van der Waals surface area contributed by atoms with E-state index in [1.54, 1.807) is 19.6 Å². The molecule has 0 aliphatic rings. The summed E-state index contributed by atoms with van der Waals surface area (Å²) >= 11 is 0. The first-order valence-corrected chi connectivity index (χ1v) is 10.1. The summed E-state index contributed by atoms with van der Waals surface area (Å²) in [6, 6.07) is 11.3. The molecule has 0 atom stereocenters. The van der Waals surface area contributed by atoms with Crippen molar-refractivity contribution >= 4 is 22.4 Å². The van der Waals surface area contributed by atoms with Gasteiger partial charge in [0.15, 0.2) is 11.5 Å². The number of ether oxygens (including phenoxy) is 3. The molecule has 4 rings (SSSR count). The summed E-state index contributed by atoms with van der Waals surface area (Å²) in [6.45, 7) is 1.97. The van der Waals surface area contributed by atoms with E-state index < -0.39 is 0 Å². The van der Waals surface area contributed by atoms with Gasteiger partial charge in [0.05, 0.1) is 25.0 Å². The largest absolute Gasteiger partial charge is 0.488 e. The zero-order valence-electron chi connectivity index (χ0n) is 17.7. The molecule has 0 radical (unpaired) electrons. The monoisotopic (exact) mass is 429 g/mol. The topological polar surface area (TPSA) is 83.3 Å². The Bertz CT molecular complexity index is 1220. The molecular weight excluding hydrogens is 406 g/mol. The van der Waals surface area contributed by atoms with E-state index in [0.717, 1.165) is 22.2 Å². The number of methoxy groups -OCH3 is 1. The van der Waals surface area contributed by atoms with Gasteiger partial charge in [0, 0.05) is 42.2 Å². The van der Waals surface area contributed by atoms with Crippen LogP contribution in [0.4, 0.5) is 11.5 Å². The van der Waals surface area contributed by atoms with Crippen molar-refractivity contribution in [3.63, 3.8) is 0 Å². The number of nitrogens with zero attached hydrogens (tertiary/aromatic N) is 4. The summed E-state index contributed by atoms with van der Waals surface area (Å²) in [7, 11) is 1.63. The molecule has 1 N–H and O–H groups in total. The Morgan fingerprint density at radius 1 is 1.06 bits per heavy atom. The van der Waals surface area contributed by atoms with E-state index in [0.29, 0.717) is 43.7 Å². The lowest BCUT2D eigenvalue weighted by Gasteiger charge is -2.15. The molecule has 4 aromatic rings. The van der Waals surface area contributed by atoms with E-state index in [2.05, 4.69) is 26.2 Å². The normalized spacial score (nSPS) is 10.6. The highest BCUT2D eigenvalue weighted by atomic mass is 16.5. The zero-order valence-corrected chi connectivity index (χ0v) is 17.7. The fourth-order valence-corrected chi connectivity index (χ4v) is 3.13. The maximum atomic E-state index is 6.07. The third-order valence-corrected chi connectivity index (χ3v) is 4.70. The Hall–Kier alpha value is -4.09. The van der Waals surface area contributed by atoms with Crippen LogP contribution in [0.3, 0.4) is 0 Å². The predicted molar refractivity (Wildman–Crippen MR) is 122 cm³/mol. The number of rotatable bonds is 10. The minimum atomic E-state index is 0.398. The van der Waals surface area contributed by atoms with Crippen LogP contribution in [0.15, 0.2) is 61.4 Å². The third-order valence-electron chi connectivity index (χ3n) is 4.70. The van der Waals surface area contributed by atoms with Crippen LogP contribution in [0.25, 0.3) is 10.9 Å². The molecule has 0 aliphatic carbocycles. The minimum absolute atomic E-state index is 0.398. The summed E-state index contributed by atoms with van der Waals surface area (Å²) in [5, 5.41) is 4.12. The number of fused-ring (bicyclic) bond motifs is 1. The highest BCUT2D eigenvalue weighted by Crippen LogP contribution is 2.35. The molecule has 2 heterocycles. The van der Waals surface area contributed by atoms with Crippen molar-refractivity contribution in [2.75, 3.05) is 32.2 Å². The molecule has 162 valence electrons. The first-order valence-electron chi connectivity index (χ1n) is 10.1. The van der Waals surface area contributed by atoms with Gasteiger partial charge in [0.25, 0.3) is 0 Å². The molecule has 0 spiro atoms. The summed E-state index contributed by atoms with van der Waals surface area (Å²) in [5.74, 6) is 4.48. The molecular formula is C24H23N5O3. The van der Waals surface area contributed by atoms with E-state index in [4.69, 9.17) is 20.6 Å². The molecule has 0 unspecified atom stereocenters. The Kier molecular flexibility index (Phi) is 6.80. The highest BCUT2D eigenvalue weighted by molar-refractivity contribution is 5.93. The Morgan fingerprint density at radius 3 is 2.75 bits per heavy atom. The number of anilines is 2. The van der Waals surface area contributed by atoms with E-state index in [9.17, 15) is 0 Å². The second-order valence-corrected chi connectivity index (χ2v) is 6.88. The lowest BCUT2D eigenvalue weighted by molar-refractivity contribution is 0.143. The molecule has 0 fully saturated rings. The van der Waals surface area contributed by atoms with Crippen molar-refractivity contribution < 1.29 is 14.2 Å². The molecule has 32 heavy (non-hydrogen) atoms. The van der Waals surface area contributed by atoms with Gasteiger partial charge in [0.2, 0.25) is 0 Å². The van der Waals surface area contributed by atoms with Gasteiger partial charge in [-0.2, -0.15) is 0 Å². The zero-order chi connectivity index (χ0) is 22.2. The number of aromatic nitrogens is 4. The van der Waals surface area contributed by atoms with Crippen LogP contribution < -0.4 is 14.8 Å². The summed E-state index contributed by atoms with van der Waals surface area (Å²) < 4.78 is 19.0. The van der Waals surface area contributed by atoms with Crippen LogP contribution in [0.5, 0.6) is 11.5 Å². The average Bonchev–Trinajstić information content (AvgIpc) is 3.33. The first-order chi connectivity index (χ1) is 15.8. The summed E-state index contributed by atoms with van der Waals surface area (Å²) in [5.41, 5.74) is 2.35. The standard InChI is InChI=1S/C24H23N5O3/c1-3-18-5-4-6-19(13-18)28-24-20-14-22(31-10-9-29-8-7-25-17-29)23(32-12-11-30-2)15-21(20)26-16-27-24/h1,4-8,13-17H,9-12H2,2H3,(H,26,27,28). The fourth-order valence-electron chi connectivity index (χ4n) is 3.13. The maximum Gasteiger partial charge on any atom is 0.163 e. The number of terminal acetylenes is 1. The molecule has 0 aliphatic heterocycles. The second kappa shape index (κ2) is 10.3. The van der Waals surface area contributed by atoms with Crippen molar-refractivity contribution in [3.8, 4) is 23.8 Å². The highest BCUT2D eigenvalue weighted by Gasteiger charge is 2.13. The number of hydrogen-bond donors (Lipinski definition) is 1. The fraction of sp³-hybridized carbons (Fsp3) is 0.208. The van der Waals surface area contributed by atoms with Crippen molar-refractivity contribution in [2.24, 2.45) is 0 Å². The molecule has 2 aromatic carbocycles. The van der Waals surface area contributed by atoms with E-state index in [1.165, 1.54) is 6.33 Å². The minimum Gasteiger partial charge on any atom is -0.488 e. The molecule has 8 nitrogen and oxygen atoms in total. The summed E-state index contributed by atoms with van der Waals surface area (Å²) in [6.07, 6.45) is 12.4. The molecule has 0 bridgehead atoms. The van der Waals surface area contributed by atoms with Gasteiger partial charge in [-0.05, 0) is 24.3 Å². The van der Waals surface area contributed by atoms with Gasteiger partial charge < -0.3 is 24.1 Å². The van der Waals surface area contributed by atoms with Gasteiger partial charge in [-0.25, -0.2) is 15.0 Å². The smallest absolute Gasteiger partial charge is 0.163 e. The van der Waals surface area contributed by atoms with Crippen LogP contribution >= 0.6 is 0 Å². The van der Waals surface area contributed by atoms with Crippen LogP contribution in [0.1, 0.15) is 5.56 Å². The van der Waals surface area contributed by atoms with Crippen molar-refractivity contribution in [3.05, 3.63) is 67.0 Å². The van der Waals surface area contributed by atoms with Gasteiger partial charge in [-0.15, -0.1) is 6.42 Å². The Labute approximate surface area is 186 Å². The quantitative estimate of drug-likeness (QED) is 0.304. The van der Waals surface area contributed by atoms with Crippen LogP contribution in [-0.4, -0.2) is 46.4 Å². The Morgan fingerprint density at radius 2 is 1.94 bits per heavy atom. The van der Waals surface area contributed by atoms with E-state index in [1.807, 2.05) is 47.2 Å². The van der Waals surface area contributed by atoms with Gasteiger partial charge in [-0.3, -0.25) is 0 Å². The molecule has 8 heteroatoms. The second-order valence-electron chi connectivity index (χ2n) is 6.88. The SMILES string of the molecule is C#Cc1cccc(Nc2ncnc3cc(OCCOC)c(OCCn4ccnc4)cc23)c1. The molecule has 2 aromatic heterocycles. The van der Waals surface area contributed by atoms with Crippen LogP contribution in [0, 0.1) is 12.3 Å². The Balaban J connectivity index is 1.63. The average molecular weight is 429 g/mol. The van der Waals surface area contributed by atoms with Crippen molar-refractivity contribution in [2.45, 2.75) is 6.54 Å². The number of imidazole rings is 1. The van der Waals surface area contributed by atoms with Gasteiger partial charge >= 0.3 is 0 Å². The molecule has 0 amide bonds. The number of benzene rings is 2. The van der Waals surface area contributed by atoms with Crippen molar-refractivity contribution in [1.82, 2.24) is 19.5 Å². The lowest BCUT2D eigenvalue weighted by Crippen LogP contribution is -2.09. The lowest BCUT2D eigenvalue weighted by atomic mass is 10.2. The summed E-state index contributed by atoms with van der Waals surface area (Å²) in [4.78, 5) is 12.9. The van der Waals surface area contributed by atoms with Crippen molar-refractivity contribution in [1.29, 1.82) is 0 Å². The molecule has 0 saturated heterocycles. The van der Waals surface area contributed by atoms with E-state index >= 15 is 0 Å². The van der Waals surface area contributed by atoms with Gasteiger partial charge in [0.1, 0.15) is 25.4 Å². The van der Waals surface area contributed by atoms with E-state index in [-0.39, 0.29) is 0 Å². The van der Waals surface area contributed by atoms with Crippen LogP contribution in [0.2, 0.25) is 0 Å². The third kappa shape index (κ3) is 5.14. The number of nitrogens with one attached hydrogen (secondary N) is 1. The number of hydrogen-bond acceptors (Lipinski definition) is 7. The molecule has 0 saturated carbocycles. The van der Waals surface area contributed by atoms with Gasteiger partial charge in [-0.1, -0.05) is 12.0 Å².